The SMILES string of the molecule is CCN(CCCCCN(CCCCN(CC)S(=O)(=O)c1c(C)cc(C)cc1C)S(=O)(=O)c1c(C)cc(C)cc1C)S(=O)(=O)c1c(C)cc(C)cc1C. The topological polar surface area (TPSA) is 112 Å². The largest absolute Gasteiger partial charge is 0.243 e. The molecule has 0 N–H and O–H groups in total. The number of sulfonamides is 3. The van der Waals surface area contributed by atoms with Crippen molar-refractivity contribution in [2.75, 3.05) is 39.3 Å². The van der Waals surface area contributed by atoms with Gasteiger partial charge in [0.15, 0.2) is 0 Å². The first-order valence-electron chi connectivity index (χ1n) is 18.4. The number of rotatable bonds is 19. The molecule has 290 valence electrons. The monoisotopic (exact) mass is 775 g/mol. The Kier molecular flexibility index (Phi) is 15.3. The second kappa shape index (κ2) is 18.1. The Morgan fingerprint density at radius 3 is 0.827 bits per heavy atom. The molecule has 0 atom stereocenters. The van der Waals surface area contributed by atoms with Crippen LogP contribution in [0.2, 0.25) is 0 Å². The van der Waals surface area contributed by atoms with Gasteiger partial charge in [-0.25, -0.2) is 25.3 Å². The van der Waals surface area contributed by atoms with Gasteiger partial charge >= 0.3 is 0 Å². The Bertz CT molecular complexity index is 1990. The van der Waals surface area contributed by atoms with E-state index in [0.29, 0.717) is 77.6 Å². The maximum absolute atomic E-state index is 14.2. The van der Waals surface area contributed by atoms with Crippen LogP contribution in [-0.4, -0.2) is 77.4 Å². The van der Waals surface area contributed by atoms with Crippen LogP contribution in [0.4, 0.5) is 0 Å². The molecule has 0 aliphatic rings. The van der Waals surface area contributed by atoms with Gasteiger partial charge in [-0.1, -0.05) is 73.4 Å². The van der Waals surface area contributed by atoms with E-state index >= 15 is 0 Å². The minimum atomic E-state index is -3.86. The van der Waals surface area contributed by atoms with Gasteiger partial charge in [-0.15, -0.1) is 0 Å². The summed E-state index contributed by atoms with van der Waals surface area (Å²) in [5.74, 6) is 0. The highest BCUT2D eigenvalue weighted by atomic mass is 32.2. The van der Waals surface area contributed by atoms with E-state index in [9.17, 15) is 25.3 Å². The van der Waals surface area contributed by atoms with E-state index in [0.717, 1.165) is 38.9 Å². The summed E-state index contributed by atoms with van der Waals surface area (Å²) in [6.07, 6.45) is 2.78. The summed E-state index contributed by atoms with van der Waals surface area (Å²) in [5, 5.41) is 0. The summed E-state index contributed by atoms with van der Waals surface area (Å²) in [6, 6.07) is 11.3. The van der Waals surface area contributed by atoms with Crippen molar-refractivity contribution in [1.82, 2.24) is 12.9 Å². The minimum absolute atomic E-state index is 0.247. The van der Waals surface area contributed by atoms with Crippen molar-refractivity contribution in [3.8, 4) is 0 Å². The number of nitrogens with zero attached hydrogens (tertiary/aromatic N) is 3. The fourth-order valence-electron chi connectivity index (χ4n) is 7.69. The molecule has 0 aliphatic heterocycles. The van der Waals surface area contributed by atoms with Crippen molar-refractivity contribution in [2.24, 2.45) is 0 Å². The molecular weight excluding hydrogens is 715 g/mol. The molecule has 0 bridgehead atoms. The Morgan fingerprint density at radius 2 is 0.577 bits per heavy atom. The van der Waals surface area contributed by atoms with Crippen molar-refractivity contribution in [3.63, 3.8) is 0 Å². The Labute approximate surface area is 315 Å². The summed E-state index contributed by atoms with van der Waals surface area (Å²) in [7, 11) is -11.3. The van der Waals surface area contributed by atoms with E-state index in [1.807, 2.05) is 113 Å². The number of hydrogen-bond donors (Lipinski definition) is 0. The lowest BCUT2D eigenvalue weighted by atomic mass is 10.1. The number of unbranched alkanes of at least 4 members (excludes halogenated alkanes) is 3. The first-order chi connectivity index (χ1) is 24.2. The Morgan fingerprint density at radius 1 is 0.365 bits per heavy atom. The second-order valence-electron chi connectivity index (χ2n) is 14.3. The third kappa shape index (κ3) is 10.1. The molecule has 0 spiro atoms. The van der Waals surface area contributed by atoms with E-state index in [2.05, 4.69) is 0 Å². The summed E-state index contributed by atoms with van der Waals surface area (Å²) in [6.45, 7) is 22.3. The van der Waals surface area contributed by atoms with Gasteiger partial charge in [0.2, 0.25) is 30.1 Å². The predicted molar refractivity (Wildman–Crippen MR) is 213 cm³/mol. The Balaban J connectivity index is 1.75. The zero-order valence-corrected chi connectivity index (χ0v) is 35.7. The molecular formula is C40H61N3O6S3. The third-order valence-electron chi connectivity index (χ3n) is 9.69. The first kappa shape index (κ1) is 43.8. The second-order valence-corrected chi connectivity index (χ2v) is 20.0. The van der Waals surface area contributed by atoms with Gasteiger partial charge in [-0.2, -0.15) is 12.9 Å². The average Bonchev–Trinajstić information content (AvgIpc) is 2.99. The van der Waals surface area contributed by atoms with Gasteiger partial charge in [0.25, 0.3) is 0 Å². The van der Waals surface area contributed by atoms with E-state index in [1.165, 1.54) is 12.9 Å². The molecule has 0 amide bonds. The minimum Gasteiger partial charge on any atom is -0.207 e. The predicted octanol–water partition coefficient (Wildman–Crippen LogP) is 7.83. The van der Waals surface area contributed by atoms with Crippen LogP contribution in [0, 0.1) is 62.3 Å². The molecule has 9 nitrogen and oxygen atoms in total. The molecule has 0 aliphatic carbocycles. The highest BCUT2D eigenvalue weighted by molar-refractivity contribution is 7.89. The molecule has 3 aromatic rings. The summed E-state index contributed by atoms with van der Waals surface area (Å²) in [4.78, 5) is 1.01. The summed E-state index contributed by atoms with van der Waals surface area (Å²) < 4.78 is 87.8. The zero-order valence-electron chi connectivity index (χ0n) is 33.3. The molecule has 0 fully saturated rings. The third-order valence-corrected chi connectivity index (χ3v) is 16.5. The lowest BCUT2D eigenvalue weighted by Crippen LogP contribution is -2.36. The van der Waals surface area contributed by atoms with Crippen LogP contribution in [0.3, 0.4) is 0 Å². The number of aryl methyl sites for hydroxylation is 9. The van der Waals surface area contributed by atoms with Crippen molar-refractivity contribution in [2.45, 2.75) is 123 Å². The zero-order chi connectivity index (χ0) is 39.2. The molecule has 0 unspecified atom stereocenters. The van der Waals surface area contributed by atoms with Gasteiger partial charge in [-0.3, -0.25) is 0 Å². The van der Waals surface area contributed by atoms with Gasteiger partial charge in [-0.05, 0) is 121 Å². The first-order valence-corrected chi connectivity index (χ1v) is 22.8. The standard InChI is InChI=1S/C40H61N3O6S3/c1-12-41(50(44,45)38-32(6)23-29(3)24-33(38)7)19-15-14-16-21-43(52(48,49)40-36(10)27-31(5)28-37(40)11)22-18-17-20-42(13-2)51(46,47)39-34(8)25-30(4)26-35(39)9/h23-28H,12-22H2,1-11H3. The van der Waals surface area contributed by atoms with E-state index in [1.54, 1.807) is 0 Å². The lowest BCUT2D eigenvalue weighted by Gasteiger charge is -2.26. The molecule has 0 radical (unpaired) electrons. The highest BCUT2D eigenvalue weighted by Gasteiger charge is 2.30. The van der Waals surface area contributed by atoms with Crippen molar-refractivity contribution in [3.05, 3.63) is 86.5 Å². The molecule has 3 rings (SSSR count). The van der Waals surface area contributed by atoms with E-state index < -0.39 is 30.1 Å². The summed E-state index contributed by atoms with van der Waals surface area (Å²) >= 11 is 0. The van der Waals surface area contributed by atoms with Crippen LogP contribution in [0.1, 0.15) is 96.0 Å². The van der Waals surface area contributed by atoms with Crippen LogP contribution < -0.4 is 0 Å². The summed E-state index contributed by atoms with van der Waals surface area (Å²) in [5.41, 5.74) is 7.32. The van der Waals surface area contributed by atoms with Gasteiger partial charge in [0.05, 0.1) is 14.7 Å². The van der Waals surface area contributed by atoms with E-state index in [4.69, 9.17) is 0 Å². The molecule has 0 heterocycles. The van der Waals surface area contributed by atoms with Gasteiger partial charge < -0.3 is 0 Å². The quantitative estimate of drug-likeness (QED) is 0.115. The lowest BCUT2D eigenvalue weighted by molar-refractivity contribution is 0.361. The van der Waals surface area contributed by atoms with Crippen LogP contribution >= 0.6 is 0 Å². The van der Waals surface area contributed by atoms with Crippen molar-refractivity contribution < 1.29 is 25.3 Å². The Hall–Kier alpha value is -2.61. The van der Waals surface area contributed by atoms with Crippen LogP contribution in [0.15, 0.2) is 51.1 Å². The molecule has 0 saturated carbocycles. The van der Waals surface area contributed by atoms with Crippen LogP contribution in [0.25, 0.3) is 0 Å². The van der Waals surface area contributed by atoms with Crippen LogP contribution in [0.5, 0.6) is 0 Å². The molecule has 0 saturated heterocycles. The van der Waals surface area contributed by atoms with Crippen LogP contribution in [-0.2, 0) is 30.1 Å². The number of hydrogen-bond acceptors (Lipinski definition) is 6. The van der Waals surface area contributed by atoms with E-state index in [-0.39, 0.29) is 19.6 Å². The normalized spacial score (nSPS) is 12.8. The number of benzene rings is 3. The van der Waals surface area contributed by atoms with Gasteiger partial charge in [0, 0.05) is 39.3 Å². The van der Waals surface area contributed by atoms with Crippen molar-refractivity contribution >= 4 is 30.1 Å². The highest BCUT2D eigenvalue weighted by Crippen LogP contribution is 2.29. The fourth-order valence-corrected chi connectivity index (χ4v) is 13.4. The fraction of sp³-hybridized carbons (Fsp3) is 0.550. The molecule has 12 heteroatoms. The smallest absolute Gasteiger partial charge is 0.207 e. The molecule has 52 heavy (non-hydrogen) atoms. The average molecular weight is 776 g/mol. The maximum Gasteiger partial charge on any atom is 0.243 e. The molecule has 3 aromatic carbocycles. The van der Waals surface area contributed by atoms with Gasteiger partial charge in [0.1, 0.15) is 0 Å². The van der Waals surface area contributed by atoms with Crippen molar-refractivity contribution in [1.29, 1.82) is 0 Å². The molecule has 0 aromatic heterocycles. The maximum atomic E-state index is 14.2.